The predicted molar refractivity (Wildman–Crippen MR) is 98.0 cm³/mol. The number of nitrogens with zero attached hydrogens (tertiary/aromatic N) is 3. The number of pyridine rings is 2. The highest BCUT2D eigenvalue weighted by atomic mass is 16.1. The van der Waals surface area contributed by atoms with Crippen LogP contribution in [0.1, 0.15) is 31.9 Å². The van der Waals surface area contributed by atoms with Gasteiger partial charge in [-0.05, 0) is 38.0 Å². The third-order valence-electron chi connectivity index (χ3n) is 4.90. The average molecular weight is 326 g/mol. The molecule has 0 unspecified atom stereocenters. The summed E-state index contributed by atoms with van der Waals surface area (Å²) in [6.45, 7) is 11.4. The van der Waals surface area contributed by atoms with Gasteiger partial charge < -0.3 is 9.88 Å². The lowest BCUT2D eigenvalue weighted by Crippen LogP contribution is -2.44. The minimum atomic E-state index is -0.000563. The maximum Gasteiger partial charge on any atom is 0.251 e. The molecular weight excluding hydrogens is 300 g/mol. The number of hydrogen-bond donors (Lipinski definition) is 1. The summed E-state index contributed by atoms with van der Waals surface area (Å²) < 4.78 is 0. The molecule has 1 aliphatic rings. The van der Waals surface area contributed by atoms with Crippen LogP contribution in [-0.2, 0) is 13.0 Å². The first-order valence-corrected chi connectivity index (χ1v) is 8.71. The van der Waals surface area contributed by atoms with Crippen LogP contribution in [0.25, 0.3) is 11.0 Å². The number of hydrogen-bond acceptors (Lipinski definition) is 4. The van der Waals surface area contributed by atoms with E-state index in [-0.39, 0.29) is 5.56 Å². The van der Waals surface area contributed by atoms with Crippen LogP contribution < -0.4 is 5.56 Å². The van der Waals surface area contributed by atoms with Gasteiger partial charge in [0, 0.05) is 50.2 Å². The summed E-state index contributed by atoms with van der Waals surface area (Å²) >= 11 is 0. The third kappa shape index (κ3) is 3.51. The Morgan fingerprint density at radius 2 is 2.04 bits per heavy atom. The molecule has 1 fully saturated rings. The Kier molecular flexibility index (Phi) is 5.00. The van der Waals surface area contributed by atoms with Gasteiger partial charge in [0.25, 0.3) is 5.56 Å². The Hall–Kier alpha value is -2.14. The molecule has 2 aromatic rings. The number of piperazine rings is 1. The zero-order valence-electron chi connectivity index (χ0n) is 14.8. The number of rotatable bonds is 4. The molecule has 24 heavy (non-hydrogen) atoms. The number of aromatic nitrogens is 2. The van der Waals surface area contributed by atoms with E-state index in [0.717, 1.165) is 61.3 Å². The molecule has 128 valence electrons. The quantitative estimate of drug-likeness (QED) is 0.938. The van der Waals surface area contributed by atoms with Crippen molar-refractivity contribution >= 4 is 11.0 Å². The van der Waals surface area contributed by atoms with Gasteiger partial charge in [-0.25, -0.2) is 0 Å². The van der Waals surface area contributed by atoms with Crippen molar-refractivity contribution in [1.29, 1.82) is 0 Å². The van der Waals surface area contributed by atoms with E-state index in [1.54, 1.807) is 0 Å². The van der Waals surface area contributed by atoms with E-state index in [2.05, 4.69) is 45.8 Å². The van der Waals surface area contributed by atoms with E-state index in [4.69, 9.17) is 0 Å². The van der Waals surface area contributed by atoms with Crippen LogP contribution in [0, 0.1) is 0 Å². The summed E-state index contributed by atoms with van der Waals surface area (Å²) in [6.07, 6.45) is 4.83. The number of fused-ring (bicyclic) bond motifs is 1. The average Bonchev–Trinajstić information content (AvgIpc) is 2.61. The van der Waals surface area contributed by atoms with Gasteiger partial charge in [-0.1, -0.05) is 13.0 Å². The normalized spacial score (nSPS) is 16.8. The van der Waals surface area contributed by atoms with Crippen LogP contribution in [0.15, 0.2) is 34.9 Å². The van der Waals surface area contributed by atoms with Gasteiger partial charge in [0.2, 0.25) is 0 Å². The van der Waals surface area contributed by atoms with Crippen molar-refractivity contribution in [3.8, 4) is 0 Å². The second-order valence-corrected chi connectivity index (χ2v) is 6.45. The van der Waals surface area contributed by atoms with Crippen LogP contribution in [0.2, 0.25) is 0 Å². The van der Waals surface area contributed by atoms with Crippen molar-refractivity contribution in [2.75, 3.05) is 26.2 Å². The lowest BCUT2D eigenvalue weighted by Gasteiger charge is -2.36. The summed E-state index contributed by atoms with van der Waals surface area (Å²) in [5, 5.41) is 0. The van der Waals surface area contributed by atoms with Gasteiger partial charge in [-0.15, -0.1) is 0 Å². The lowest BCUT2D eigenvalue weighted by atomic mass is 10.1. The monoisotopic (exact) mass is 326 g/mol. The smallest absolute Gasteiger partial charge is 0.251 e. The minimum absolute atomic E-state index is 0.000563. The van der Waals surface area contributed by atoms with Crippen molar-refractivity contribution in [2.45, 2.75) is 33.7 Å². The van der Waals surface area contributed by atoms with Gasteiger partial charge >= 0.3 is 0 Å². The first-order chi connectivity index (χ1) is 11.6. The van der Waals surface area contributed by atoms with Crippen LogP contribution >= 0.6 is 0 Å². The second kappa shape index (κ2) is 7.18. The highest BCUT2D eigenvalue weighted by Crippen LogP contribution is 2.15. The first-order valence-electron chi connectivity index (χ1n) is 8.71. The Balaban J connectivity index is 1.71. The summed E-state index contributed by atoms with van der Waals surface area (Å²) in [6, 6.07) is 3.96. The van der Waals surface area contributed by atoms with Crippen molar-refractivity contribution in [3.05, 3.63) is 51.6 Å². The molecule has 3 rings (SSSR count). The van der Waals surface area contributed by atoms with Crippen molar-refractivity contribution in [3.63, 3.8) is 0 Å². The first kappa shape index (κ1) is 16.7. The Bertz CT molecular complexity index is 801. The van der Waals surface area contributed by atoms with Crippen LogP contribution in [0.5, 0.6) is 0 Å². The van der Waals surface area contributed by atoms with Crippen molar-refractivity contribution < 1.29 is 0 Å². The van der Waals surface area contributed by atoms with Gasteiger partial charge in [-0.3, -0.25) is 14.7 Å². The Morgan fingerprint density at radius 3 is 2.71 bits per heavy atom. The number of aryl methyl sites for hydroxylation is 1. The zero-order valence-corrected chi connectivity index (χ0v) is 14.8. The van der Waals surface area contributed by atoms with Crippen LogP contribution in [-0.4, -0.2) is 45.9 Å². The van der Waals surface area contributed by atoms with Gasteiger partial charge in [0.15, 0.2) is 0 Å². The maximum atomic E-state index is 12.0. The van der Waals surface area contributed by atoms with E-state index in [9.17, 15) is 4.79 Å². The molecule has 0 atom stereocenters. The lowest BCUT2D eigenvalue weighted by molar-refractivity contribution is 0.153. The topological polar surface area (TPSA) is 52.2 Å². The van der Waals surface area contributed by atoms with E-state index < -0.39 is 0 Å². The van der Waals surface area contributed by atoms with Gasteiger partial charge in [0.1, 0.15) is 0 Å². The molecule has 0 bridgehead atoms. The molecule has 5 nitrogen and oxygen atoms in total. The molecule has 0 aromatic carbocycles. The third-order valence-corrected chi connectivity index (χ3v) is 4.90. The van der Waals surface area contributed by atoms with Crippen LogP contribution in [0.3, 0.4) is 0 Å². The Morgan fingerprint density at radius 1 is 1.29 bits per heavy atom. The largest absolute Gasteiger partial charge is 0.373 e. The maximum absolute atomic E-state index is 12.0. The molecule has 1 aliphatic heterocycles. The summed E-state index contributed by atoms with van der Waals surface area (Å²) in [5.74, 6) is 0. The van der Waals surface area contributed by atoms with Gasteiger partial charge in [-0.2, -0.15) is 0 Å². The molecule has 5 heteroatoms. The fraction of sp³-hybridized carbons (Fsp3) is 0.474. The molecule has 0 spiro atoms. The molecule has 0 radical (unpaired) electrons. The minimum Gasteiger partial charge on any atom is -0.373 e. The second-order valence-electron chi connectivity index (χ2n) is 6.45. The molecule has 1 N–H and O–H groups in total. The number of nitrogens with one attached hydrogen (secondary N) is 1. The fourth-order valence-corrected chi connectivity index (χ4v) is 3.22. The molecule has 0 amide bonds. The van der Waals surface area contributed by atoms with E-state index in [0.29, 0.717) is 0 Å². The standard InChI is InChI=1S/C19H26N4O/c1-4-14(3)23-8-6-22(7-9-23)13-15-10-18-17(20-12-15)11-16(5-2)19(24)21-18/h4,10-12H,5-9,13H2,1-3H3,(H,21,24)/b14-4+. The van der Waals surface area contributed by atoms with E-state index >= 15 is 0 Å². The molecule has 1 saturated heterocycles. The van der Waals surface area contributed by atoms with Crippen LogP contribution in [0.4, 0.5) is 0 Å². The summed E-state index contributed by atoms with van der Waals surface area (Å²) in [7, 11) is 0. The molecular formula is C19H26N4O. The fourth-order valence-electron chi connectivity index (χ4n) is 3.22. The predicted octanol–water partition coefficient (Wildman–Crippen LogP) is 2.53. The number of H-pyrrole nitrogens is 1. The van der Waals surface area contributed by atoms with Crippen molar-refractivity contribution in [2.24, 2.45) is 0 Å². The summed E-state index contributed by atoms with van der Waals surface area (Å²) in [5.41, 5.74) is 4.99. The summed E-state index contributed by atoms with van der Waals surface area (Å²) in [4.78, 5) is 24.4. The highest BCUT2D eigenvalue weighted by Gasteiger charge is 2.17. The van der Waals surface area contributed by atoms with Crippen molar-refractivity contribution in [1.82, 2.24) is 19.8 Å². The van der Waals surface area contributed by atoms with E-state index in [1.165, 1.54) is 5.70 Å². The zero-order chi connectivity index (χ0) is 17.1. The SMILES string of the molecule is C/C=C(\C)N1CCN(Cc2cnc3cc(CC)c(=O)[nH]c3c2)CC1. The molecule has 0 aliphatic carbocycles. The number of allylic oxidation sites excluding steroid dienone is 2. The number of aromatic amines is 1. The molecule has 0 saturated carbocycles. The molecule has 2 aromatic heterocycles. The molecule has 3 heterocycles. The highest BCUT2D eigenvalue weighted by molar-refractivity contribution is 5.74. The Labute approximate surface area is 143 Å². The van der Waals surface area contributed by atoms with E-state index in [1.807, 2.05) is 19.2 Å². The van der Waals surface area contributed by atoms with Gasteiger partial charge in [0.05, 0.1) is 11.0 Å².